The van der Waals surface area contributed by atoms with Crippen molar-refractivity contribution in [3.8, 4) is 0 Å². The monoisotopic (exact) mass is 633 g/mol. The predicted octanol–water partition coefficient (Wildman–Crippen LogP) is 2.34. The second kappa shape index (κ2) is 17.0. The minimum atomic E-state index is -0.521. The molecule has 6 rings (SSSR count). The van der Waals surface area contributed by atoms with Crippen LogP contribution in [-0.4, -0.2) is 130 Å². The molecule has 1 amide bonds. The molecule has 5 unspecified atom stereocenters. The first-order valence-corrected chi connectivity index (χ1v) is 18.7. The average Bonchev–Trinajstić information content (AvgIpc) is 3.48. The summed E-state index contributed by atoms with van der Waals surface area (Å²) in [5.41, 5.74) is 0. The van der Waals surface area contributed by atoms with Crippen molar-refractivity contribution >= 4 is 5.91 Å². The van der Waals surface area contributed by atoms with Crippen molar-refractivity contribution in [2.45, 2.75) is 121 Å². The lowest BCUT2D eigenvalue weighted by atomic mass is 9.74. The third kappa shape index (κ3) is 10.1. The van der Waals surface area contributed by atoms with Gasteiger partial charge in [-0.1, -0.05) is 0 Å². The smallest absolute Gasteiger partial charge is 0.223 e. The van der Waals surface area contributed by atoms with Crippen LogP contribution in [0.3, 0.4) is 0 Å². The van der Waals surface area contributed by atoms with Crippen molar-refractivity contribution < 1.29 is 24.1 Å². The van der Waals surface area contributed by atoms with Crippen LogP contribution < -0.4 is 16.0 Å². The second-order valence-electron chi connectivity index (χ2n) is 15.4. The Bertz CT molecular complexity index is 892. The van der Waals surface area contributed by atoms with Gasteiger partial charge < -0.3 is 39.8 Å². The number of ether oxygens (including phenoxy) is 3. The highest BCUT2D eigenvalue weighted by Gasteiger charge is 2.37. The van der Waals surface area contributed by atoms with E-state index in [4.69, 9.17) is 14.2 Å². The lowest BCUT2D eigenvalue weighted by molar-refractivity contribution is -0.128. The fourth-order valence-corrected chi connectivity index (χ4v) is 9.07. The number of rotatable bonds is 12. The molecule has 4 aliphatic heterocycles. The lowest BCUT2D eigenvalue weighted by Gasteiger charge is -2.44. The summed E-state index contributed by atoms with van der Waals surface area (Å²) in [5.74, 6) is 2.43. The fourth-order valence-electron chi connectivity index (χ4n) is 9.07. The number of aliphatic hydroxyl groups excluding tert-OH is 1. The maximum atomic E-state index is 13.0. The molecule has 4 saturated heterocycles. The maximum Gasteiger partial charge on any atom is 0.223 e. The Hall–Kier alpha value is -0.850. The van der Waals surface area contributed by atoms with Crippen LogP contribution >= 0.6 is 0 Å². The normalized spacial score (nSPS) is 36.9. The van der Waals surface area contributed by atoms with Gasteiger partial charge in [-0.25, -0.2) is 0 Å². The SMILES string of the molecule is CC1NCOC1COC1CCC2CN(C[C@@H](O)CNC(=O)C3CCC(OC4CCN(CC5CCNCC5)CC4)CC3)CCC2C1. The first kappa shape index (κ1) is 34.0. The first-order chi connectivity index (χ1) is 22.0. The average molecular weight is 634 g/mol. The molecule has 0 aromatic heterocycles. The van der Waals surface area contributed by atoms with Gasteiger partial charge in [0.25, 0.3) is 0 Å². The van der Waals surface area contributed by atoms with Gasteiger partial charge in [0.1, 0.15) is 0 Å². The van der Waals surface area contributed by atoms with Crippen LogP contribution in [0.5, 0.6) is 0 Å². The zero-order valence-corrected chi connectivity index (χ0v) is 28.0. The molecular formula is C35H63N5O5. The number of carbonyl (C=O) groups excluding carboxylic acids is 1. The van der Waals surface area contributed by atoms with Crippen LogP contribution in [0.2, 0.25) is 0 Å². The minimum Gasteiger partial charge on any atom is -0.390 e. The van der Waals surface area contributed by atoms with E-state index in [1.54, 1.807) is 0 Å². The van der Waals surface area contributed by atoms with Gasteiger partial charge in [0.15, 0.2) is 0 Å². The van der Waals surface area contributed by atoms with Crippen LogP contribution in [-0.2, 0) is 19.0 Å². The standard InChI is InChI=1S/C35H63N5O5/c1-25-34(44-24-38-25)23-43-33-7-4-29-21-40(15-10-28(29)18-33)22-30(41)19-37-35(42)27-2-5-31(6-3-27)45-32-11-16-39(17-12-32)20-26-8-13-36-14-9-26/h25-34,36,38,41H,2-24H2,1H3,(H,37,42)/t25?,27?,28?,29?,30-,31?,33?,34?/m0/s1. The molecule has 2 saturated carbocycles. The van der Waals surface area contributed by atoms with Gasteiger partial charge in [-0.3, -0.25) is 10.1 Å². The summed E-state index contributed by atoms with van der Waals surface area (Å²) in [5, 5.41) is 20.7. The van der Waals surface area contributed by atoms with Gasteiger partial charge in [-0.15, -0.1) is 0 Å². The third-order valence-corrected chi connectivity index (χ3v) is 12.1. The van der Waals surface area contributed by atoms with E-state index in [-0.39, 0.29) is 17.9 Å². The number of β-amino-alcohol motifs (C(OH)–C–C–N with tert-alkyl or cyclic N) is 1. The summed E-state index contributed by atoms with van der Waals surface area (Å²) in [7, 11) is 0. The van der Waals surface area contributed by atoms with E-state index >= 15 is 0 Å². The zero-order valence-electron chi connectivity index (χ0n) is 28.0. The molecule has 0 radical (unpaired) electrons. The Kier molecular flexibility index (Phi) is 12.9. The van der Waals surface area contributed by atoms with Crippen molar-refractivity contribution in [3.63, 3.8) is 0 Å². The molecule has 0 aromatic carbocycles. The van der Waals surface area contributed by atoms with Crippen molar-refractivity contribution in [1.29, 1.82) is 0 Å². The molecule has 0 spiro atoms. The maximum absolute atomic E-state index is 13.0. The van der Waals surface area contributed by atoms with E-state index in [0.29, 0.717) is 62.6 Å². The minimum absolute atomic E-state index is 0.0525. The van der Waals surface area contributed by atoms with E-state index in [1.807, 2.05) is 0 Å². The van der Waals surface area contributed by atoms with Crippen molar-refractivity contribution in [2.75, 3.05) is 72.2 Å². The van der Waals surface area contributed by atoms with Gasteiger partial charge in [-0.2, -0.15) is 0 Å². The summed E-state index contributed by atoms with van der Waals surface area (Å²) in [4.78, 5) is 18.0. The van der Waals surface area contributed by atoms with Crippen LogP contribution in [0, 0.1) is 23.7 Å². The highest BCUT2D eigenvalue weighted by Crippen LogP contribution is 2.37. The topological polar surface area (TPSA) is 108 Å². The van der Waals surface area contributed by atoms with Crippen LogP contribution in [0.4, 0.5) is 0 Å². The Morgan fingerprint density at radius 3 is 2.40 bits per heavy atom. The summed E-state index contributed by atoms with van der Waals surface area (Å²) in [6.45, 7) is 12.5. The van der Waals surface area contributed by atoms with E-state index in [2.05, 4.69) is 32.7 Å². The van der Waals surface area contributed by atoms with Crippen molar-refractivity contribution in [1.82, 2.24) is 25.8 Å². The van der Waals surface area contributed by atoms with Crippen molar-refractivity contribution in [2.24, 2.45) is 23.7 Å². The van der Waals surface area contributed by atoms with Gasteiger partial charge in [0.2, 0.25) is 5.91 Å². The zero-order chi connectivity index (χ0) is 31.0. The predicted molar refractivity (Wildman–Crippen MR) is 175 cm³/mol. The molecule has 258 valence electrons. The van der Waals surface area contributed by atoms with Crippen LogP contribution in [0.25, 0.3) is 0 Å². The molecule has 10 nitrogen and oxygen atoms in total. The van der Waals surface area contributed by atoms with Gasteiger partial charge in [-0.05, 0) is 121 Å². The number of hydrogen-bond donors (Lipinski definition) is 4. The van der Waals surface area contributed by atoms with Gasteiger partial charge in [0, 0.05) is 51.2 Å². The Morgan fingerprint density at radius 2 is 1.64 bits per heavy atom. The van der Waals surface area contributed by atoms with E-state index in [1.165, 1.54) is 45.3 Å². The summed E-state index contributed by atoms with van der Waals surface area (Å²) < 4.78 is 18.5. The Labute approximate surface area is 272 Å². The molecule has 0 aromatic rings. The lowest BCUT2D eigenvalue weighted by Crippen LogP contribution is -2.49. The molecule has 4 heterocycles. The number of nitrogens with one attached hydrogen (secondary N) is 3. The number of fused-ring (bicyclic) bond motifs is 1. The van der Waals surface area contributed by atoms with Crippen LogP contribution in [0.1, 0.15) is 84.0 Å². The first-order valence-electron chi connectivity index (χ1n) is 18.7. The number of likely N-dealkylation sites (tertiary alicyclic amines) is 2. The number of carbonyl (C=O) groups is 1. The summed E-state index contributed by atoms with van der Waals surface area (Å²) in [6.07, 6.45) is 14.0. The molecule has 0 bridgehead atoms. The summed E-state index contributed by atoms with van der Waals surface area (Å²) in [6, 6.07) is 0.364. The molecule has 6 atom stereocenters. The van der Waals surface area contributed by atoms with Crippen molar-refractivity contribution in [3.05, 3.63) is 0 Å². The largest absolute Gasteiger partial charge is 0.390 e. The molecule has 45 heavy (non-hydrogen) atoms. The number of nitrogens with zero attached hydrogens (tertiary/aromatic N) is 2. The number of aliphatic hydroxyl groups is 1. The van der Waals surface area contributed by atoms with Gasteiger partial charge in [0.05, 0.1) is 43.9 Å². The quantitative estimate of drug-likeness (QED) is 0.258. The molecule has 2 aliphatic carbocycles. The molecule has 6 fully saturated rings. The molecule has 6 aliphatic rings. The highest BCUT2D eigenvalue weighted by molar-refractivity contribution is 5.78. The van der Waals surface area contributed by atoms with E-state index < -0.39 is 6.10 Å². The third-order valence-electron chi connectivity index (χ3n) is 12.1. The van der Waals surface area contributed by atoms with E-state index in [0.717, 1.165) is 83.5 Å². The van der Waals surface area contributed by atoms with Crippen LogP contribution in [0.15, 0.2) is 0 Å². The second-order valence-corrected chi connectivity index (χ2v) is 15.4. The molecular weight excluding hydrogens is 570 g/mol. The van der Waals surface area contributed by atoms with Gasteiger partial charge >= 0.3 is 0 Å². The molecule has 4 N–H and O–H groups in total. The highest BCUT2D eigenvalue weighted by atomic mass is 16.5. The summed E-state index contributed by atoms with van der Waals surface area (Å²) >= 11 is 0. The number of amides is 1. The number of hydrogen-bond acceptors (Lipinski definition) is 9. The molecule has 10 heteroatoms. The Morgan fingerprint density at radius 1 is 0.911 bits per heavy atom. The van der Waals surface area contributed by atoms with E-state index in [9.17, 15) is 9.90 Å². The fraction of sp³-hybridized carbons (Fsp3) is 0.971. The number of piperidine rings is 3. The Balaban J connectivity index is 0.807.